The Morgan fingerprint density at radius 1 is 1.00 bits per heavy atom. The largest absolute Gasteiger partial charge is 0.379 e. The Balaban J connectivity index is 0.943. The van der Waals surface area contributed by atoms with Gasteiger partial charge in [0.05, 0.1) is 9.82 Å². The number of piperidine rings is 1. The third kappa shape index (κ3) is 7.35. The molecule has 1 amide bonds. The molecule has 11 nitrogen and oxygen atoms in total. The number of benzene rings is 3. The fourth-order valence-electron chi connectivity index (χ4n) is 8.59. The van der Waals surface area contributed by atoms with E-state index in [0.29, 0.717) is 23.9 Å². The number of hydrogen-bond acceptors (Lipinski definition) is 9. The Bertz CT molecular complexity index is 1830. The highest BCUT2D eigenvalue weighted by molar-refractivity contribution is 7.90. The third-order valence-electron chi connectivity index (χ3n) is 11.3. The average Bonchev–Trinajstić information content (AvgIpc) is 3.34. The van der Waals surface area contributed by atoms with Crippen LogP contribution >= 0.6 is 11.6 Å². The van der Waals surface area contributed by atoms with Crippen LogP contribution in [0.4, 0.5) is 17.1 Å². The molecule has 3 N–H and O–H groups in total. The summed E-state index contributed by atoms with van der Waals surface area (Å²) in [5, 5.41) is 19.3. The van der Waals surface area contributed by atoms with Crippen molar-refractivity contribution in [3.8, 4) is 0 Å². The molecule has 2 heterocycles. The van der Waals surface area contributed by atoms with Crippen LogP contribution in [0, 0.1) is 21.4 Å². The van der Waals surface area contributed by atoms with E-state index >= 15 is 0 Å². The number of halogens is 1. The van der Waals surface area contributed by atoms with Crippen molar-refractivity contribution in [1.82, 2.24) is 14.9 Å². The van der Waals surface area contributed by atoms with Gasteiger partial charge in [-0.15, -0.1) is 0 Å². The van der Waals surface area contributed by atoms with Crippen LogP contribution in [0.2, 0.25) is 5.02 Å². The number of hydrogen-bond donors (Lipinski definition) is 3. The normalized spacial score (nSPS) is 21.1. The van der Waals surface area contributed by atoms with Gasteiger partial charge in [0.15, 0.2) is 0 Å². The second-order valence-electron chi connectivity index (χ2n) is 14.4. The van der Waals surface area contributed by atoms with Gasteiger partial charge in [0.2, 0.25) is 0 Å². The summed E-state index contributed by atoms with van der Waals surface area (Å²) in [5.41, 5.74) is 4.10. The number of fused-ring (bicyclic) bond motifs is 1. The molecule has 50 heavy (non-hydrogen) atoms. The number of carbonyl (C=O) groups is 1. The van der Waals surface area contributed by atoms with Crippen LogP contribution in [0.25, 0.3) is 0 Å². The van der Waals surface area contributed by atoms with E-state index in [1.165, 1.54) is 29.7 Å². The molecule has 1 atom stereocenters. The molecule has 2 aliphatic heterocycles. The van der Waals surface area contributed by atoms with Gasteiger partial charge in [-0.25, -0.2) is 13.1 Å². The van der Waals surface area contributed by atoms with Crippen LogP contribution in [0.5, 0.6) is 0 Å². The predicted molar refractivity (Wildman–Crippen MR) is 195 cm³/mol. The number of amides is 1. The molecular formula is C37H45ClN6O5S. The Hall–Kier alpha value is -3.71. The zero-order valence-electron chi connectivity index (χ0n) is 28.2. The summed E-state index contributed by atoms with van der Waals surface area (Å²) in [5.74, 6) is -0.371. The molecule has 3 fully saturated rings. The standard InChI is InChI=1S/C37H45ClN6O5S/c38-32-6-3-5-31-30(32)4-1-2-7-34(31)43-20-18-42(19-21-43)28-10-8-27(9-11-28)36(45)41-50(48,49)29-12-13-33(35(22-29)44(46)47)40-25-26-23-37(24-26)14-16-39-17-15-37/h3,5-6,8-13,22,26,34,39-40H,1-2,4,7,14-21,23-25H2,(H,41,45)/t34-/m1/s1. The van der Waals surface area contributed by atoms with E-state index in [1.807, 2.05) is 18.2 Å². The minimum Gasteiger partial charge on any atom is -0.379 e. The maximum atomic E-state index is 13.2. The average molecular weight is 721 g/mol. The second kappa shape index (κ2) is 14.5. The highest BCUT2D eigenvalue weighted by Gasteiger charge is 2.44. The summed E-state index contributed by atoms with van der Waals surface area (Å²) in [4.78, 5) is 28.9. The van der Waals surface area contributed by atoms with E-state index in [2.05, 4.69) is 37.3 Å². The van der Waals surface area contributed by atoms with Crippen molar-refractivity contribution in [2.24, 2.45) is 11.3 Å². The number of carbonyl (C=O) groups excluding carboxylic acids is 1. The molecule has 0 radical (unpaired) electrons. The summed E-state index contributed by atoms with van der Waals surface area (Å²) in [6, 6.07) is 17.2. The van der Waals surface area contributed by atoms with Crippen molar-refractivity contribution in [3.63, 3.8) is 0 Å². The van der Waals surface area contributed by atoms with Gasteiger partial charge in [-0.2, -0.15) is 0 Å². The molecule has 0 unspecified atom stereocenters. The molecule has 4 aliphatic rings. The molecule has 1 saturated carbocycles. The van der Waals surface area contributed by atoms with E-state index in [1.54, 1.807) is 12.1 Å². The van der Waals surface area contributed by atoms with E-state index < -0.39 is 20.9 Å². The van der Waals surface area contributed by atoms with Crippen molar-refractivity contribution in [1.29, 1.82) is 0 Å². The van der Waals surface area contributed by atoms with Crippen LogP contribution < -0.4 is 20.3 Å². The maximum Gasteiger partial charge on any atom is 0.293 e. The Morgan fingerprint density at radius 2 is 1.74 bits per heavy atom. The van der Waals surface area contributed by atoms with Crippen LogP contribution in [0.3, 0.4) is 0 Å². The number of nitrogens with one attached hydrogen (secondary N) is 3. The summed E-state index contributed by atoms with van der Waals surface area (Å²) < 4.78 is 28.5. The molecule has 1 spiro atoms. The van der Waals surface area contributed by atoms with Crippen molar-refractivity contribution < 1.29 is 18.1 Å². The first-order chi connectivity index (χ1) is 24.1. The number of anilines is 2. The molecule has 0 bridgehead atoms. The van der Waals surface area contributed by atoms with Crippen LogP contribution in [0.15, 0.2) is 65.6 Å². The van der Waals surface area contributed by atoms with Crippen molar-refractivity contribution in [3.05, 3.63) is 92.5 Å². The number of piperazine rings is 1. The van der Waals surface area contributed by atoms with Crippen molar-refractivity contribution >= 4 is 44.6 Å². The zero-order valence-corrected chi connectivity index (χ0v) is 29.8. The van der Waals surface area contributed by atoms with Gasteiger partial charge in [0, 0.05) is 61.1 Å². The van der Waals surface area contributed by atoms with Gasteiger partial charge in [0.1, 0.15) is 5.69 Å². The SMILES string of the molecule is O=C(NS(=O)(=O)c1ccc(NCC2CC3(CCNCC3)C2)c([N+](=O)[O-])c1)c1ccc(N2CCN([C@@H]3CCCCc4c(Cl)cccc43)CC2)cc1. The highest BCUT2D eigenvalue weighted by atomic mass is 35.5. The van der Waals surface area contributed by atoms with E-state index in [9.17, 15) is 23.3 Å². The van der Waals surface area contributed by atoms with Gasteiger partial charge < -0.3 is 15.5 Å². The molecule has 3 aromatic rings. The lowest BCUT2D eigenvalue weighted by atomic mass is 9.58. The fourth-order valence-corrected chi connectivity index (χ4v) is 9.86. The van der Waals surface area contributed by atoms with E-state index in [4.69, 9.17) is 11.6 Å². The smallest absolute Gasteiger partial charge is 0.293 e. The topological polar surface area (TPSA) is 137 Å². The lowest BCUT2D eigenvalue weighted by Gasteiger charge is -2.50. The minimum atomic E-state index is -4.36. The van der Waals surface area contributed by atoms with Gasteiger partial charge in [-0.1, -0.05) is 30.2 Å². The van der Waals surface area contributed by atoms with Crippen LogP contribution in [-0.4, -0.2) is 70.0 Å². The van der Waals surface area contributed by atoms with E-state index in [0.717, 1.165) is 101 Å². The summed E-state index contributed by atoms with van der Waals surface area (Å²) in [7, 11) is -4.36. The number of sulfonamides is 1. The number of nitrogens with zero attached hydrogens (tertiary/aromatic N) is 3. The zero-order chi connectivity index (χ0) is 34.9. The number of nitro groups is 1. The minimum absolute atomic E-state index is 0.183. The molecule has 7 rings (SSSR count). The molecule has 3 aromatic carbocycles. The monoisotopic (exact) mass is 720 g/mol. The summed E-state index contributed by atoms with van der Waals surface area (Å²) >= 11 is 6.57. The third-order valence-corrected chi connectivity index (χ3v) is 13.0. The van der Waals surface area contributed by atoms with Gasteiger partial charge >= 0.3 is 0 Å². The number of nitro benzene ring substituents is 1. The quantitative estimate of drug-likeness (QED) is 0.135. The molecular weight excluding hydrogens is 676 g/mol. The second-order valence-corrected chi connectivity index (χ2v) is 16.5. The van der Waals surface area contributed by atoms with Crippen LogP contribution in [0.1, 0.15) is 72.5 Å². The van der Waals surface area contributed by atoms with Gasteiger partial charge in [-0.3, -0.25) is 19.8 Å². The number of rotatable bonds is 9. The molecule has 0 aromatic heterocycles. The lowest BCUT2D eigenvalue weighted by molar-refractivity contribution is -0.384. The molecule has 13 heteroatoms. The molecule has 2 aliphatic carbocycles. The summed E-state index contributed by atoms with van der Waals surface area (Å²) in [6.45, 7) is 6.12. The Morgan fingerprint density at radius 3 is 2.46 bits per heavy atom. The first-order valence-corrected chi connectivity index (χ1v) is 19.6. The highest BCUT2D eigenvalue weighted by Crippen LogP contribution is 2.51. The maximum absolute atomic E-state index is 13.2. The van der Waals surface area contributed by atoms with Crippen molar-refractivity contribution in [2.45, 2.75) is 62.3 Å². The molecule has 2 saturated heterocycles. The van der Waals surface area contributed by atoms with Gasteiger partial charge in [-0.05, 0) is 123 Å². The van der Waals surface area contributed by atoms with E-state index in [-0.39, 0.29) is 21.8 Å². The summed E-state index contributed by atoms with van der Waals surface area (Å²) in [6.07, 6.45) is 8.98. The van der Waals surface area contributed by atoms with Crippen LogP contribution in [-0.2, 0) is 16.4 Å². The Kier molecular flexibility index (Phi) is 10.1. The molecule has 266 valence electrons. The lowest BCUT2D eigenvalue weighted by Crippen LogP contribution is -2.47. The predicted octanol–water partition coefficient (Wildman–Crippen LogP) is 6.15. The first-order valence-electron chi connectivity index (χ1n) is 17.8. The van der Waals surface area contributed by atoms with Gasteiger partial charge in [0.25, 0.3) is 21.6 Å². The van der Waals surface area contributed by atoms with Crippen molar-refractivity contribution in [2.75, 3.05) is 56.0 Å². The first kappa shape index (κ1) is 34.7. The fraction of sp³-hybridized carbons (Fsp3) is 0.486. The Labute approximate surface area is 299 Å².